The van der Waals surface area contributed by atoms with Crippen molar-refractivity contribution < 1.29 is 19.8 Å². The average molecular weight is 267 g/mol. The molecule has 0 rings (SSSR count). The summed E-state index contributed by atoms with van der Waals surface area (Å²) < 4.78 is 0. The Balaban J connectivity index is -0.000000141. The van der Waals surface area contributed by atoms with Crippen LogP contribution in [0.3, 0.4) is 0 Å². The summed E-state index contributed by atoms with van der Waals surface area (Å²) >= 11 is 0. The van der Waals surface area contributed by atoms with Crippen molar-refractivity contribution in [3.05, 3.63) is 0 Å². The third-order valence-corrected chi connectivity index (χ3v) is 1.53. The van der Waals surface area contributed by atoms with Gasteiger partial charge in [-0.1, -0.05) is 12.8 Å². The second kappa shape index (κ2) is 29.7. The minimum atomic E-state index is -0.784. The highest BCUT2D eigenvalue weighted by Crippen LogP contribution is 2.04. The van der Waals surface area contributed by atoms with E-state index in [1.54, 1.807) is 0 Å². The molecule has 0 unspecified atom stereocenters. The van der Waals surface area contributed by atoms with Crippen LogP contribution in [0, 0.1) is 0 Å². The van der Waals surface area contributed by atoms with E-state index >= 15 is 0 Å². The summed E-state index contributed by atoms with van der Waals surface area (Å²) in [7, 11) is 4.50. The molecule has 0 saturated carbocycles. The first-order valence-electron chi connectivity index (χ1n) is 5.79. The number of hydrogen-bond donors (Lipinski definition) is 5. The van der Waals surface area contributed by atoms with Gasteiger partial charge in [-0.2, -0.15) is 0 Å². The van der Waals surface area contributed by atoms with Crippen LogP contribution >= 0.6 is 0 Å². The van der Waals surface area contributed by atoms with Gasteiger partial charge in [0, 0.05) is 12.8 Å². The maximum Gasteiger partial charge on any atom is 0.303 e. The molecule has 0 fully saturated rings. The third-order valence-electron chi connectivity index (χ3n) is 1.53. The SMILES string of the molecule is CN.CN.CN.O=C(O)CCCCCCC(=O)O. The van der Waals surface area contributed by atoms with E-state index < -0.39 is 11.9 Å². The second-order valence-corrected chi connectivity index (χ2v) is 2.70. The maximum atomic E-state index is 10.0. The van der Waals surface area contributed by atoms with Gasteiger partial charge in [0.05, 0.1) is 0 Å². The van der Waals surface area contributed by atoms with Crippen molar-refractivity contribution in [1.29, 1.82) is 0 Å². The van der Waals surface area contributed by atoms with Crippen LogP contribution in [0.4, 0.5) is 0 Å². The number of hydrogen-bond acceptors (Lipinski definition) is 5. The normalized spacial score (nSPS) is 7.44. The molecule has 0 heterocycles. The maximum absolute atomic E-state index is 10.0. The van der Waals surface area contributed by atoms with Crippen LogP contribution in [-0.2, 0) is 9.59 Å². The highest BCUT2D eigenvalue weighted by molar-refractivity contribution is 5.66. The third kappa shape index (κ3) is 46.3. The predicted molar refractivity (Wildman–Crippen MR) is 73.3 cm³/mol. The molecule has 0 aliphatic rings. The molecular weight excluding hydrogens is 238 g/mol. The number of nitrogens with two attached hydrogens (primary N) is 3. The van der Waals surface area contributed by atoms with Crippen molar-refractivity contribution in [2.75, 3.05) is 21.1 Å². The van der Waals surface area contributed by atoms with Gasteiger partial charge in [-0.05, 0) is 34.0 Å². The predicted octanol–water partition coefficient (Wildman–Crippen LogP) is 0.221. The standard InChI is InChI=1S/C8H14O4.3CH5N/c9-7(10)5-3-1-2-4-6-8(11)12;3*1-2/h1-6H2,(H,9,10)(H,11,12);3*2H2,1H3. The van der Waals surface area contributed by atoms with E-state index in [2.05, 4.69) is 17.2 Å². The minimum absolute atomic E-state index is 0.188. The highest BCUT2D eigenvalue weighted by atomic mass is 16.4. The van der Waals surface area contributed by atoms with Crippen molar-refractivity contribution in [3.8, 4) is 0 Å². The average Bonchev–Trinajstić information content (AvgIpc) is 2.40. The number of rotatable bonds is 7. The summed E-state index contributed by atoms with van der Waals surface area (Å²) in [5.74, 6) is -1.57. The number of carboxylic acids is 2. The van der Waals surface area contributed by atoms with Crippen molar-refractivity contribution in [2.24, 2.45) is 17.2 Å². The summed E-state index contributed by atoms with van der Waals surface area (Å²) in [5, 5.41) is 16.5. The van der Waals surface area contributed by atoms with Crippen LogP contribution in [0.15, 0.2) is 0 Å². The van der Waals surface area contributed by atoms with Gasteiger partial charge in [-0.25, -0.2) is 0 Å². The Morgan fingerprint density at radius 1 is 0.667 bits per heavy atom. The molecule has 8 N–H and O–H groups in total. The molecule has 0 atom stereocenters. The topological polar surface area (TPSA) is 153 Å². The van der Waals surface area contributed by atoms with E-state index in [1.165, 1.54) is 21.1 Å². The van der Waals surface area contributed by atoms with Crippen molar-refractivity contribution in [3.63, 3.8) is 0 Å². The minimum Gasteiger partial charge on any atom is -0.481 e. The van der Waals surface area contributed by atoms with E-state index in [9.17, 15) is 9.59 Å². The van der Waals surface area contributed by atoms with Gasteiger partial charge in [-0.3, -0.25) is 9.59 Å². The molecule has 0 amide bonds. The van der Waals surface area contributed by atoms with Gasteiger partial charge in [-0.15, -0.1) is 0 Å². The lowest BCUT2D eigenvalue weighted by Gasteiger charge is -1.96. The van der Waals surface area contributed by atoms with E-state index in [-0.39, 0.29) is 12.8 Å². The Hall–Kier alpha value is -1.18. The molecule has 0 spiro atoms. The molecule has 0 aromatic rings. The lowest BCUT2D eigenvalue weighted by atomic mass is 10.1. The molecule has 0 aliphatic heterocycles. The van der Waals surface area contributed by atoms with Gasteiger partial charge in [0.1, 0.15) is 0 Å². The Morgan fingerprint density at radius 2 is 0.889 bits per heavy atom. The van der Waals surface area contributed by atoms with Crippen molar-refractivity contribution in [1.82, 2.24) is 0 Å². The van der Waals surface area contributed by atoms with Gasteiger partial charge in [0.15, 0.2) is 0 Å². The Morgan fingerprint density at radius 3 is 1.06 bits per heavy atom. The zero-order valence-electron chi connectivity index (χ0n) is 11.7. The smallest absolute Gasteiger partial charge is 0.303 e. The second-order valence-electron chi connectivity index (χ2n) is 2.70. The Labute approximate surface area is 109 Å². The van der Waals surface area contributed by atoms with Gasteiger partial charge >= 0.3 is 11.9 Å². The van der Waals surface area contributed by atoms with Crippen molar-refractivity contribution >= 4 is 11.9 Å². The number of unbranched alkanes of at least 4 members (excludes halogenated alkanes) is 3. The number of aliphatic carboxylic acids is 2. The van der Waals surface area contributed by atoms with Gasteiger partial charge < -0.3 is 27.4 Å². The zero-order valence-corrected chi connectivity index (χ0v) is 11.7. The fourth-order valence-corrected chi connectivity index (χ4v) is 0.906. The van der Waals surface area contributed by atoms with Crippen molar-refractivity contribution in [2.45, 2.75) is 38.5 Å². The van der Waals surface area contributed by atoms with Crippen LogP contribution in [0.1, 0.15) is 38.5 Å². The fourth-order valence-electron chi connectivity index (χ4n) is 0.906. The monoisotopic (exact) mass is 267 g/mol. The molecule has 18 heavy (non-hydrogen) atoms. The zero-order chi connectivity index (χ0) is 15.4. The van der Waals surface area contributed by atoms with Crippen LogP contribution in [-0.4, -0.2) is 43.3 Å². The van der Waals surface area contributed by atoms with E-state index in [4.69, 9.17) is 10.2 Å². The summed E-state index contributed by atoms with van der Waals surface area (Å²) in [4.78, 5) is 20.1. The summed E-state index contributed by atoms with van der Waals surface area (Å²) in [6.45, 7) is 0. The first-order chi connectivity index (χ1) is 8.63. The van der Waals surface area contributed by atoms with Crippen LogP contribution in [0.5, 0.6) is 0 Å². The molecule has 0 radical (unpaired) electrons. The van der Waals surface area contributed by atoms with E-state index in [1.807, 2.05) is 0 Å². The molecule has 0 aromatic heterocycles. The van der Waals surface area contributed by atoms with E-state index in [0.29, 0.717) is 12.8 Å². The summed E-state index contributed by atoms with van der Waals surface area (Å²) in [6.07, 6.45) is 3.28. The Kier molecular flexibility index (Phi) is 42.2. The first kappa shape index (κ1) is 25.6. The molecule has 7 heteroatoms. The molecule has 0 aromatic carbocycles. The van der Waals surface area contributed by atoms with Gasteiger partial charge in [0.25, 0.3) is 0 Å². The van der Waals surface area contributed by atoms with Crippen LogP contribution < -0.4 is 17.2 Å². The highest BCUT2D eigenvalue weighted by Gasteiger charge is 1.98. The largest absolute Gasteiger partial charge is 0.481 e. The quantitative estimate of drug-likeness (QED) is 0.413. The molecule has 0 bridgehead atoms. The van der Waals surface area contributed by atoms with Crippen LogP contribution in [0.25, 0.3) is 0 Å². The molecule has 0 saturated heterocycles. The molecular formula is C11H29N3O4. The Bertz CT molecular complexity index is 148. The molecule has 7 nitrogen and oxygen atoms in total. The van der Waals surface area contributed by atoms with E-state index in [0.717, 1.165) is 12.8 Å². The van der Waals surface area contributed by atoms with Gasteiger partial charge in [0.2, 0.25) is 0 Å². The number of carboxylic acid groups (broad SMARTS) is 2. The summed E-state index contributed by atoms with van der Waals surface area (Å²) in [6, 6.07) is 0. The molecule has 112 valence electrons. The lowest BCUT2D eigenvalue weighted by molar-refractivity contribution is -0.138. The summed E-state index contributed by atoms with van der Waals surface area (Å²) in [5.41, 5.74) is 13.5. The first-order valence-corrected chi connectivity index (χ1v) is 5.79. The fraction of sp³-hybridized carbons (Fsp3) is 0.818. The van der Waals surface area contributed by atoms with Crippen LogP contribution in [0.2, 0.25) is 0 Å². The lowest BCUT2D eigenvalue weighted by Crippen LogP contribution is -1.95. The molecule has 0 aliphatic carbocycles. The number of carbonyl (C=O) groups is 2.